The minimum absolute atomic E-state index is 0.406. The van der Waals surface area contributed by atoms with Gasteiger partial charge in [0.2, 0.25) is 0 Å². The highest BCUT2D eigenvalue weighted by atomic mass is 32.2. The number of carboxylic acids is 1. The van der Waals surface area contributed by atoms with Crippen molar-refractivity contribution in [2.75, 3.05) is 13.4 Å². The minimum atomic E-state index is -0.777. The molecule has 0 fully saturated rings. The Morgan fingerprint density at radius 2 is 2.18 bits per heavy atom. The van der Waals surface area contributed by atoms with E-state index >= 15 is 0 Å². The van der Waals surface area contributed by atoms with Crippen LogP contribution in [0.2, 0.25) is 0 Å². The SMILES string of the molecule is COc1c(C)ccc(SC)c1CC(C)C(=O)O. The Hall–Kier alpha value is -1.16. The maximum atomic E-state index is 10.9. The van der Waals surface area contributed by atoms with Crippen LogP contribution in [0.5, 0.6) is 5.75 Å². The van der Waals surface area contributed by atoms with Gasteiger partial charge >= 0.3 is 5.97 Å². The van der Waals surface area contributed by atoms with Crippen molar-refractivity contribution in [2.24, 2.45) is 5.92 Å². The van der Waals surface area contributed by atoms with Gasteiger partial charge in [-0.05, 0) is 31.2 Å². The first kappa shape index (κ1) is 13.9. The maximum Gasteiger partial charge on any atom is 0.306 e. The van der Waals surface area contributed by atoms with Gasteiger partial charge < -0.3 is 9.84 Å². The molecule has 1 unspecified atom stereocenters. The van der Waals surface area contributed by atoms with E-state index in [9.17, 15) is 4.79 Å². The molecule has 1 aromatic carbocycles. The van der Waals surface area contributed by atoms with Crippen molar-refractivity contribution in [1.29, 1.82) is 0 Å². The van der Waals surface area contributed by atoms with Crippen molar-refractivity contribution in [2.45, 2.75) is 25.2 Å². The number of aliphatic carboxylic acids is 1. The molecule has 0 aliphatic rings. The number of carbonyl (C=O) groups is 1. The Bertz CT molecular complexity index is 415. The number of methoxy groups -OCH3 is 1. The molecule has 0 spiro atoms. The molecule has 0 aliphatic heterocycles. The fourth-order valence-electron chi connectivity index (χ4n) is 1.79. The van der Waals surface area contributed by atoms with E-state index in [1.54, 1.807) is 25.8 Å². The van der Waals surface area contributed by atoms with E-state index in [1.807, 2.05) is 25.3 Å². The lowest BCUT2D eigenvalue weighted by molar-refractivity contribution is -0.141. The van der Waals surface area contributed by atoms with E-state index in [0.29, 0.717) is 6.42 Å². The second-order valence-corrected chi connectivity index (χ2v) is 4.89. The number of ether oxygens (including phenoxy) is 1. The monoisotopic (exact) mass is 254 g/mol. The van der Waals surface area contributed by atoms with Crippen LogP contribution >= 0.6 is 11.8 Å². The number of thioether (sulfide) groups is 1. The van der Waals surface area contributed by atoms with E-state index in [-0.39, 0.29) is 0 Å². The van der Waals surface area contributed by atoms with E-state index in [1.165, 1.54) is 0 Å². The summed E-state index contributed by atoms with van der Waals surface area (Å²) in [6, 6.07) is 4.02. The number of rotatable bonds is 5. The van der Waals surface area contributed by atoms with Crippen LogP contribution in [-0.2, 0) is 11.2 Å². The third-order valence-corrected chi connectivity index (χ3v) is 3.59. The van der Waals surface area contributed by atoms with E-state index < -0.39 is 11.9 Å². The maximum absolute atomic E-state index is 10.9. The van der Waals surface area contributed by atoms with E-state index in [4.69, 9.17) is 9.84 Å². The highest BCUT2D eigenvalue weighted by molar-refractivity contribution is 7.98. The van der Waals surface area contributed by atoms with Crippen molar-refractivity contribution in [3.8, 4) is 5.75 Å². The Morgan fingerprint density at radius 1 is 1.53 bits per heavy atom. The van der Waals surface area contributed by atoms with Crippen molar-refractivity contribution in [3.05, 3.63) is 23.3 Å². The molecule has 0 aliphatic carbocycles. The van der Waals surface area contributed by atoms with Gasteiger partial charge in [0, 0.05) is 10.5 Å². The van der Waals surface area contributed by atoms with Gasteiger partial charge in [0.25, 0.3) is 0 Å². The first-order valence-corrected chi connectivity index (χ1v) is 6.67. The summed E-state index contributed by atoms with van der Waals surface area (Å²) in [6.07, 6.45) is 2.48. The largest absolute Gasteiger partial charge is 0.496 e. The number of carboxylic acid groups (broad SMARTS) is 1. The lowest BCUT2D eigenvalue weighted by Crippen LogP contribution is -2.13. The number of hydrogen-bond donors (Lipinski definition) is 1. The van der Waals surface area contributed by atoms with Crippen molar-refractivity contribution < 1.29 is 14.6 Å². The third kappa shape index (κ3) is 3.16. The van der Waals surface area contributed by atoms with Crippen LogP contribution in [0.1, 0.15) is 18.1 Å². The molecule has 0 bridgehead atoms. The van der Waals surface area contributed by atoms with Crippen molar-refractivity contribution >= 4 is 17.7 Å². The lowest BCUT2D eigenvalue weighted by Gasteiger charge is -2.16. The Labute approximate surface area is 106 Å². The molecule has 4 heteroatoms. The van der Waals surface area contributed by atoms with Gasteiger partial charge in [-0.2, -0.15) is 0 Å². The van der Waals surface area contributed by atoms with E-state index in [0.717, 1.165) is 21.8 Å². The average molecular weight is 254 g/mol. The fraction of sp³-hybridized carbons (Fsp3) is 0.462. The quantitative estimate of drug-likeness (QED) is 0.821. The smallest absolute Gasteiger partial charge is 0.306 e. The molecular formula is C13H18O3S. The fourth-order valence-corrected chi connectivity index (χ4v) is 2.42. The standard InChI is InChI=1S/C13H18O3S/c1-8-5-6-11(17-4)10(12(8)16-3)7-9(2)13(14)15/h5-6,9H,7H2,1-4H3,(H,14,15). The molecule has 1 atom stereocenters. The summed E-state index contributed by atoms with van der Waals surface area (Å²) in [4.78, 5) is 12.0. The van der Waals surface area contributed by atoms with Gasteiger partial charge in [-0.3, -0.25) is 4.79 Å². The minimum Gasteiger partial charge on any atom is -0.496 e. The zero-order valence-corrected chi connectivity index (χ0v) is 11.4. The molecule has 94 valence electrons. The normalized spacial score (nSPS) is 12.2. The average Bonchev–Trinajstić information content (AvgIpc) is 2.29. The molecule has 1 aromatic rings. The van der Waals surface area contributed by atoms with Crippen LogP contribution < -0.4 is 4.74 Å². The summed E-state index contributed by atoms with van der Waals surface area (Å²) < 4.78 is 5.39. The van der Waals surface area contributed by atoms with Gasteiger partial charge in [-0.1, -0.05) is 13.0 Å². The molecule has 0 saturated heterocycles. The highest BCUT2D eigenvalue weighted by Crippen LogP contribution is 2.33. The molecule has 0 heterocycles. The second-order valence-electron chi connectivity index (χ2n) is 4.04. The van der Waals surface area contributed by atoms with Crippen LogP contribution in [0.25, 0.3) is 0 Å². The number of benzene rings is 1. The molecule has 1 N–H and O–H groups in total. The molecule has 17 heavy (non-hydrogen) atoms. The van der Waals surface area contributed by atoms with Crippen molar-refractivity contribution in [3.63, 3.8) is 0 Å². The Balaban J connectivity index is 3.18. The van der Waals surface area contributed by atoms with E-state index in [2.05, 4.69) is 0 Å². The zero-order valence-electron chi connectivity index (χ0n) is 10.6. The van der Waals surface area contributed by atoms with Gasteiger partial charge in [-0.25, -0.2) is 0 Å². The summed E-state index contributed by atoms with van der Waals surface area (Å²) in [6.45, 7) is 3.69. The first-order chi connectivity index (χ1) is 8.01. The number of aryl methyl sites for hydroxylation is 1. The second kappa shape index (κ2) is 5.96. The van der Waals surface area contributed by atoms with Gasteiger partial charge in [0.15, 0.2) is 0 Å². The summed E-state index contributed by atoms with van der Waals surface area (Å²) >= 11 is 1.61. The molecule has 0 amide bonds. The predicted octanol–water partition coefficient (Wildman–Crippen LogP) is 2.99. The van der Waals surface area contributed by atoms with Crippen LogP contribution in [0.4, 0.5) is 0 Å². The number of hydrogen-bond acceptors (Lipinski definition) is 3. The summed E-state index contributed by atoms with van der Waals surface area (Å²) in [5.41, 5.74) is 2.03. The zero-order chi connectivity index (χ0) is 13.0. The van der Waals surface area contributed by atoms with Crippen LogP contribution in [0.15, 0.2) is 17.0 Å². The van der Waals surface area contributed by atoms with Crippen LogP contribution in [0, 0.1) is 12.8 Å². The summed E-state index contributed by atoms with van der Waals surface area (Å²) in [5, 5.41) is 8.99. The highest BCUT2D eigenvalue weighted by Gasteiger charge is 2.18. The third-order valence-electron chi connectivity index (χ3n) is 2.77. The summed E-state index contributed by atoms with van der Waals surface area (Å²) in [5.74, 6) is -0.373. The molecular weight excluding hydrogens is 236 g/mol. The summed E-state index contributed by atoms with van der Waals surface area (Å²) in [7, 11) is 1.63. The molecule has 1 rings (SSSR count). The van der Waals surface area contributed by atoms with Gasteiger partial charge in [-0.15, -0.1) is 11.8 Å². The topological polar surface area (TPSA) is 46.5 Å². The lowest BCUT2D eigenvalue weighted by atomic mass is 9.98. The Kier molecular flexibility index (Phi) is 4.87. The van der Waals surface area contributed by atoms with Crippen molar-refractivity contribution in [1.82, 2.24) is 0 Å². The first-order valence-electron chi connectivity index (χ1n) is 5.44. The van der Waals surface area contributed by atoms with Crippen LogP contribution in [0.3, 0.4) is 0 Å². The molecule has 0 saturated carbocycles. The van der Waals surface area contributed by atoms with Gasteiger partial charge in [0.05, 0.1) is 13.0 Å². The molecule has 0 radical (unpaired) electrons. The van der Waals surface area contributed by atoms with Crippen LogP contribution in [-0.4, -0.2) is 24.4 Å². The molecule has 3 nitrogen and oxygen atoms in total. The van der Waals surface area contributed by atoms with Gasteiger partial charge in [0.1, 0.15) is 5.75 Å². The molecule has 0 aromatic heterocycles. The predicted molar refractivity (Wildman–Crippen MR) is 70.0 cm³/mol. The Morgan fingerprint density at radius 3 is 2.65 bits per heavy atom.